The molecule has 2 fully saturated rings. The number of rotatable bonds is 39. The van der Waals surface area contributed by atoms with Gasteiger partial charge in [0.2, 0.25) is 0 Å². The van der Waals surface area contributed by atoms with Crippen molar-refractivity contribution in [2.75, 3.05) is 60.8 Å². The molecular formula is C48H91NO5S3. The first kappa shape index (κ1) is 53.0. The van der Waals surface area contributed by atoms with Gasteiger partial charge in [0.25, 0.3) is 0 Å². The summed E-state index contributed by atoms with van der Waals surface area (Å²) < 4.78 is 12.1. The highest BCUT2D eigenvalue weighted by Gasteiger charge is 2.21. The summed E-state index contributed by atoms with van der Waals surface area (Å²) in [7, 11) is 0. The number of aliphatic hydroxyl groups excluding tert-OH is 1. The second-order valence-corrected chi connectivity index (χ2v) is 21.0. The minimum absolute atomic E-state index is 0.0242. The van der Waals surface area contributed by atoms with Crippen LogP contribution in [-0.2, 0) is 19.1 Å². The lowest BCUT2D eigenvalue weighted by molar-refractivity contribution is -0.149. The summed E-state index contributed by atoms with van der Waals surface area (Å²) in [6.07, 6.45) is 36.0. The first-order valence-corrected chi connectivity index (χ1v) is 28.0. The van der Waals surface area contributed by atoms with Crippen LogP contribution in [0, 0.1) is 11.8 Å². The molecule has 0 heterocycles. The van der Waals surface area contributed by atoms with Gasteiger partial charge in [0.15, 0.2) is 0 Å². The predicted octanol–water partition coefficient (Wildman–Crippen LogP) is 13.3. The Balaban J connectivity index is 1.66. The summed E-state index contributed by atoms with van der Waals surface area (Å²) in [5.74, 6) is 7.83. The van der Waals surface area contributed by atoms with Crippen molar-refractivity contribution in [1.82, 2.24) is 4.90 Å². The van der Waals surface area contributed by atoms with E-state index in [1.54, 1.807) is 0 Å². The summed E-state index contributed by atoms with van der Waals surface area (Å²) in [5.41, 5.74) is 0. The fraction of sp³-hybridized carbons (Fsp3) is 0.958. The van der Waals surface area contributed by atoms with Crippen LogP contribution in [-0.4, -0.2) is 94.9 Å². The topological polar surface area (TPSA) is 76.1 Å². The zero-order chi connectivity index (χ0) is 40.9. The van der Waals surface area contributed by atoms with Gasteiger partial charge in [-0.15, -0.1) is 0 Å². The molecule has 336 valence electrons. The van der Waals surface area contributed by atoms with Gasteiger partial charge in [-0.25, -0.2) is 0 Å². The Morgan fingerprint density at radius 1 is 0.544 bits per heavy atom. The number of carbonyl (C=O) groups is 2. The number of unbranched alkanes of at least 4 members (excludes halogenated alkanes) is 10. The molecule has 57 heavy (non-hydrogen) atoms. The van der Waals surface area contributed by atoms with Crippen LogP contribution in [0.1, 0.15) is 206 Å². The fourth-order valence-electron chi connectivity index (χ4n) is 8.59. The normalized spacial score (nSPS) is 16.6. The van der Waals surface area contributed by atoms with Crippen molar-refractivity contribution in [3.63, 3.8) is 0 Å². The molecule has 0 saturated heterocycles. The van der Waals surface area contributed by atoms with Crippen molar-refractivity contribution in [1.29, 1.82) is 0 Å². The number of hydrogen-bond donors (Lipinski definition) is 1. The second-order valence-electron chi connectivity index (χ2n) is 17.5. The molecule has 0 aliphatic heterocycles. The van der Waals surface area contributed by atoms with E-state index in [1.165, 1.54) is 141 Å². The van der Waals surface area contributed by atoms with E-state index in [9.17, 15) is 14.7 Å². The number of hydrogen-bond acceptors (Lipinski definition) is 9. The molecule has 2 aliphatic carbocycles. The van der Waals surface area contributed by atoms with Crippen LogP contribution >= 0.6 is 35.3 Å². The molecule has 0 aromatic heterocycles. The van der Waals surface area contributed by atoms with Crippen molar-refractivity contribution in [2.24, 2.45) is 11.8 Å². The molecule has 2 aliphatic rings. The highest BCUT2D eigenvalue weighted by Crippen LogP contribution is 2.30. The largest absolute Gasteiger partial charge is 0.461 e. The molecule has 2 rings (SSSR count). The van der Waals surface area contributed by atoms with E-state index in [2.05, 4.69) is 18.7 Å². The van der Waals surface area contributed by atoms with Crippen molar-refractivity contribution < 1.29 is 24.2 Å². The molecule has 9 heteroatoms. The third-order valence-corrected chi connectivity index (χ3v) is 15.5. The number of aliphatic hydroxyl groups is 1. The maximum atomic E-state index is 12.7. The third kappa shape index (κ3) is 31.4. The van der Waals surface area contributed by atoms with E-state index in [0.29, 0.717) is 12.8 Å². The Morgan fingerprint density at radius 2 is 1.00 bits per heavy atom. The lowest BCUT2D eigenvalue weighted by atomic mass is 9.85. The van der Waals surface area contributed by atoms with Crippen molar-refractivity contribution in [3.8, 4) is 0 Å². The van der Waals surface area contributed by atoms with Gasteiger partial charge >= 0.3 is 11.9 Å². The van der Waals surface area contributed by atoms with Crippen molar-refractivity contribution >= 4 is 47.2 Å². The Kier molecular flexibility index (Phi) is 36.1. The van der Waals surface area contributed by atoms with Crippen molar-refractivity contribution in [3.05, 3.63) is 0 Å². The first-order valence-electron chi connectivity index (χ1n) is 24.5. The van der Waals surface area contributed by atoms with E-state index in [1.807, 2.05) is 35.3 Å². The van der Waals surface area contributed by atoms with E-state index < -0.39 is 0 Å². The molecule has 0 aromatic carbocycles. The minimum atomic E-state index is 0.0242. The minimum Gasteiger partial charge on any atom is -0.461 e. The smallest absolute Gasteiger partial charge is 0.306 e. The second kappa shape index (κ2) is 38.8. The van der Waals surface area contributed by atoms with E-state index >= 15 is 0 Å². The lowest BCUT2D eigenvalue weighted by Crippen LogP contribution is -2.28. The lowest BCUT2D eigenvalue weighted by Gasteiger charge is -2.24. The summed E-state index contributed by atoms with van der Waals surface area (Å²) in [6, 6.07) is 0. The fourth-order valence-corrected chi connectivity index (χ4v) is 11.5. The number of thioether (sulfide) groups is 3. The van der Waals surface area contributed by atoms with Crippen LogP contribution in [0.5, 0.6) is 0 Å². The molecule has 0 bridgehead atoms. The molecule has 0 aromatic rings. The first-order chi connectivity index (χ1) is 28.0. The molecule has 1 N–H and O–H groups in total. The van der Waals surface area contributed by atoms with Crippen LogP contribution in [0.4, 0.5) is 0 Å². The Hall–Kier alpha value is -0.0900. The molecule has 2 unspecified atom stereocenters. The van der Waals surface area contributed by atoms with Gasteiger partial charge in [-0.2, -0.15) is 35.3 Å². The summed E-state index contributed by atoms with van der Waals surface area (Å²) >= 11 is 5.86. The zero-order valence-electron chi connectivity index (χ0n) is 37.3. The monoisotopic (exact) mass is 858 g/mol. The maximum Gasteiger partial charge on any atom is 0.306 e. The van der Waals surface area contributed by atoms with Gasteiger partial charge < -0.3 is 19.5 Å². The molecule has 2 atom stereocenters. The van der Waals surface area contributed by atoms with Crippen molar-refractivity contribution in [2.45, 2.75) is 219 Å². The zero-order valence-corrected chi connectivity index (χ0v) is 39.8. The van der Waals surface area contributed by atoms with Gasteiger partial charge in [0.1, 0.15) is 12.2 Å². The Labute approximate surface area is 365 Å². The standard InChI is InChI=1S/C48H91NO5S3/c1-3-5-7-17-27-47(51)53-45(31-29-43-23-13-9-14-24-43)41-56-37-21-11-19-33-49(35-39-55-40-36-50)34-20-12-22-38-57-42-46(32-30-44-25-15-10-16-26-44)54-48(52)28-18-8-6-4-2/h43-46,50H,3-42H2,1-2H3. The Morgan fingerprint density at radius 3 is 1.44 bits per heavy atom. The van der Waals surface area contributed by atoms with Gasteiger partial charge in [0, 0.05) is 42.4 Å². The third-order valence-electron chi connectivity index (χ3n) is 12.2. The number of ether oxygens (including phenoxy) is 2. The molecule has 2 saturated carbocycles. The highest BCUT2D eigenvalue weighted by atomic mass is 32.2. The number of nitrogens with zero attached hydrogens (tertiary/aromatic N) is 1. The summed E-state index contributed by atoms with van der Waals surface area (Å²) in [4.78, 5) is 28.0. The number of carbonyl (C=O) groups excluding carboxylic acids is 2. The predicted molar refractivity (Wildman–Crippen MR) is 252 cm³/mol. The molecule has 0 radical (unpaired) electrons. The van der Waals surface area contributed by atoms with Gasteiger partial charge in [-0.1, -0.05) is 129 Å². The summed E-state index contributed by atoms with van der Waals surface area (Å²) in [5, 5.41) is 9.27. The van der Waals surface area contributed by atoms with Gasteiger partial charge in [0.05, 0.1) is 6.61 Å². The quantitative estimate of drug-likeness (QED) is 0.0480. The Bertz CT molecular complexity index is 851. The molecule has 0 spiro atoms. The molecule has 0 amide bonds. The van der Waals surface area contributed by atoms with Crippen LogP contribution in [0.25, 0.3) is 0 Å². The van der Waals surface area contributed by atoms with E-state index in [0.717, 1.165) is 105 Å². The van der Waals surface area contributed by atoms with E-state index in [-0.39, 0.29) is 30.8 Å². The van der Waals surface area contributed by atoms with E-state index in [4.69, 9.17) is 9.47 Å². The average Bonchev–Trinajstić information content (AvgIpc) is 3.23. The SMILES string of the molecule is CCCCCCC(=O)OC(CCC1CCCCC1)CSCCCCCN(CCCCCSCC(CCC1CCCCC1)OC(=O)CCCCCC)CCSCCO. The maximum absolute atomic E-state index is 12.7. The van der Waals surface area contributed by atoms with Gasteiger partial charge in [-0.3, -0.25) is 9.59 Å². The molecular weight excluding hydrogens is 767 g/mol. The summed E-state index contributed by atoms with van der Waals surface area (Å²) in [6.45, 7) is 8.11. The molecule has 6 nitrogen and oxygen atoms in total. The van der Waals surface area contributed by atoms with Gasteiger partial charge in [-0.05, 0) is 101 Å². The van der Waals surface area contributed by atoms with Crippen LogP contribution in [0.3, 0.4) is 0 Å². The van der Waals surface area contributed by atoms with Crippen LogP contribution < -0.4 is 0 Å². The van der Waals surface area contributed by atoms with Crippen LogP contribution in [0.2, 0.25) is 0 Å². The number of esters is 2. The average molecular weight is 858 g/mol. The highest BCUT2D eigenvalue weighted by molar-refractivity contribution is 7.99. The van der Waals surface area contributed by atoms with Crippen LogP contribution in [0.15, 0.2) is 0 Å².